The highest BCUT2D eigenvalue weighted by molar-refractivity contribution is 6.15. The van der Waals surface area contributed by atoms with Crippen LogP contribution in [0.5, 0.6) is 0 Å². The van der Waals surface area contributed by atoms with Gasteiger partial charge in [-0.2, -0.15) is 0 Å². The standard InChI is InChI=1S/C44H41N3/c1-28-14-12-22-34-38-35(44(2,3)40(28)34)24-25-37-39(38)33-21-10-11-23-36(33)46(37)27-47-42(30-17-8-5-9-18-30)43(47)41(45)32-20-13-19-31(26-32)29-15-6-4-7-16-29/h4-13,15-26,28,41-43H,14,27,45H2,1-3H3. The average molecular weight is 612 g/mol. The summed E-state index contributed by atoms with van der Waals surface area (Å²) in [4.78, 5) is 2.60. The number of aromatic nitrogens is 1. The van der Waals surface area contributed by atoms with Gasteiger partial charge in [0.1, 0.15) is 0 Å². The molecule has 5 aromatic carbocycles. The third-order valence-corrected chi connectivity index (χ3v) is 11.3. The maximum atomic E-state index is 7.24. The number of fused-ring (bicyclic) bond motifs is 6. The molecule has 232 valence electrons. The van der Waals surface area contributed by atoms with Gasteiger partial charge in [-0.15, -0.1) is 0 Å². The Bertz CT molecular complexity index is 2220. The number of rotatable bonds is 6. The van der Waals surface area contributed by atoms with E-state index >= 15 is 0 Å². The third-order valence-electron chi connectivity index (χ3n) is 11.3. The molecule has 0 bridgehead atoms. The Balaban J connectivity index is 1.16. The molecule has 2 heterocycles. The van der Waals surface area contributed by atoms with Crippen molar-refractivity contribution >= 4 is 27.4 Å². The zero-order chi connectivity index (χ0) is 31.9. The van der Waals surface area contributed by atoms with Gasteiger partial charge in [0.2, 0.25) is 0 Å². The van der Waals surface area contributed by atoms with Gasteiger partial charge in [-0.05, 0) is 75.1 Å². The fourth-order valence-corrected chi connectivity index (χ4v) is 9.11. The van der Waals surface area contributed by atoms with E-state index in [2.05, 4.69) is 164 Å². The van der Waals surface area contributed by atoms with Crippen LogP contribution in [0.2, 0.25) is 0 Å². The highest BCUT2D eigenvalue weighted by atomic mass is 15.4. The topological polar surface area (TPSA) is 34.0 Å². The second-order valence-corrected chi connectivity index (χ2v) is 14.3. The van der Waals surface area contributed by atoms with E-state index in [1.807, 2.05) is 0 Å². The zero-order valence-electron chi connectivity index (χ0n) is 27.4. The Morgan fingerprint density at radius 2 is 1.51 bits per heavy atom. The summed E-state index contributed by atoms with van der Waals surface area (Å²) in [5.74, 6) is 0.549. The Morgan fingerprint density at radius 1 is 0.787 bits per heavy atom. The number of para-hydroxylation sites is 1. The average Bonchev–Trinajstić information content (AvgIpc) is 3.66. The second kappa shape index (κ2) is 10.7. The number of hydrogen-bond donors (Lipinski definition) is 1. The van der Waals surface area contributed by atoms with Crippen LogP contribution in [-0.2, 0) is 12.1 Å². The van der Waals surface area contributed by atoms with Crippen LogP contribution in [-0.4, -0.2) is 15.5 Å². The molecule has 0 radical (unpaired) electrons. The molecule has 3 nitrogen and oxygen atoms in total. The minimum absolute atomic E-state index is 0.0246. The van der Waals surface area contributed by atoms with Crippen LogP contribution in [0, 0.1) is 5.92 Å². The van der Waals surface area contributed by atoms with E-state index in [9.17, 15) is 0 Å². The molecule has 2 aliphatic carbocycles. The Kier molecular flexibility index (Phi) is 6.47. The lowest BCUT2D eigenvalue weighted by Gasteiger charge is -2.30. The van der Waals surface area contributed by atoms with Crippen molar-refractivity contribution in [1.29, 1.82) is 0 Å². The molecule has 1 aliphatic heterocycles. The van der Waals surface area contributed by atoms with Gasteiger partial charge in [0.15, 0.2) is 0 Å². The first-order chi connectivity index (χ1) is 22.9. The first-order valence-corrected chi connectivity index (χ1v) is 17.1. The van der Waals surface area contributed by atoms with Crippen molar-refractivity contribution in [3.8, 4) is 11.1 Å². The molecule has 3 heteroatoms. The smallest absolute Gasteiger partial charge is 0.0766 e. The predicted octanol–water partition coefficient (Wildman–Crippen LogP) is 10.2. The predicted molar refractivity (Wildman–Crippen MR) is 196 cm³/mol. The van der Waals surface area contributed by atoms with Crippen molar-refractivity contribution in [2.75, 3.05) is 0 Å². The molecule has 6 aromatic rings. The van der Waals surface area contributed by atoms with Crippen molar-refractivity contribution in [3.63, 3.8) is 0 Å². The van der Waals surface area contributed by atoms with E-state index in [0.29, 0.717) is 5.92 Å². The zero-order valence-corrected chi connectivity index (χ0v) is 27.4. The number of nitrogens with zero attached hydrogens (tertiary/aromatic N) is 2. The fourth-order valence-electron chi connectivity index (χ4n) is 9.11. The number of allylic oxidation sites excluding steroid dienone is 4. The maximum absolute atomic E-state index is 7.24. The summed E-state index contributed by atoms with van der Waals surface area (Å²) in [6.45, 7) is 8.03. The summed E-state index contributed by atoms with van der Waals surface area (Å²) in [5.41, 5.74) is 20.7. The Hall–Kier alpha value is -4.70. The van der Waals surface area contributed by atoms with Crippen molar-refractivity contribution in [3.05, 3.63) is 161 Å². The van der Waals surface area contributed by atoms with Gasteiger partial charge < -0.3 is 10.3 Å². The van der Waals surface area contributed by atoms with E-state index in [0.717, 1.165) is 13.1 Å². The summed E-state index contributed by atoms with van der Waals surface area (Å²) in [5, 5.41) is 2.73. The van der Waals surface area contributed by atoms with Crippen molar-refractivity contribution < 1.29 is 0 Å². The Labute approximate surface area is 277 Å². The minimum atomic E-state index is -0.122. The van der Waals surface area contributed by atoms with Crippen molar-refractivity contribution in [1.82, 2.24) is 9.47 Å². The number of nitrogens with two attached hydrogens (primary N) is 1. The molecule has 5 atom stereocenters. The molecule has 5 unspecified atom stereocenters. The van der Waals surface area contributed by atoms with Crippen LogP contribution in [0.15, 0.2) is 139 Å². The fraction of sp³-hybridized carbons (Fsp3) is 0.227. The van der Waals surface area contributed by atoms with Crippen LogP contribution >= 0.6 is 0 Å². The SMILES string of the molecule is CC1CC=CC2=C1C(C)(C)c1ccc3c(c12)c1ccccc1n3CN1C(c2ccccc2)C1C(N)c1cccc(-c2ccccc2)c1. The highest BCUT2D eigenvalue weighted by Gasteiger charge is 2.52. The van der Waals surface area contributed by atoms with Gasteiger partial charge in [-0.3, -0.25) is 4.90 Å². The molecule has 1 aromatic heterocycles. The van der Waals surface area contributed by atoms with E-state index in [1.165, 1.54) is 60.8 Å². The molecule has 3 aliphatic rings. The lowest BCUT2D eigenvalue weighted by molar-refractivity contribution is 0.384. The quantitative estimate of drug-likeness (QED) is 0.190. The van der Waals surface area contributed by atoms with E-state index in [1.54, 1.807) is 5.57 Å². The van der Waals surface area contributed by atoms with Crippen LogP contribution in [0.4, 0.5) is 0 Å². The van der Waals surface area contributed by atoms with Gasteiger partial charge in [0.25, 0.3) is 0 Å². The van der Waals surface area contributed by atoms with Gasteiger partial charge in [0, 0.05) is 22.2 Å². The van der Waals surface area contributed by atoms with Gasteiger partial charge in [0.05, 0.1) is 29.8 Å². The lowest BCUT2D eigenvalue weighted by Crippen LogP contribution is -2.22. The first kappa shape index (κ1) is 28.5. The summed E-state index contributed by atoms with van der Waals surface area (Å²) in [6.07, 6.45) is 5.90. The molecule has 1 fully saturated rings. The first-order valence-electron chi connectivity index (χ1n) is 17.1. The molecule has 0 spiro atoms. The summed E-state index contributed by atoms with van der Waals surface area (Å²) in [6, 6.07) is 44.5. The molecule has 2 N–H and O–H groups in total. The van der Waals surface area contributed by atoms with Gasteiger partial charge >= 0.3 is 0 Å². The summed E-state index contributed by atoms with van der Waals surface area (Å²) < 4.78 is 2.55. The summed E-state index contributed by atoms with van der Waals surface area (Å²) >= 11 is 0. The second-order valence-electron chi connectivity index (χ2n) is 14.3. The van der Waals surface area contributed by atoms with Gasteiger partial charge in [-0.25, -0.2) is 0 Å². The van der Waals surface area contributed by atoms with E-state index in [4.69, 9.17) is 5.73 Å². The van der Waals surface area contributed by atoms with Crippen LogP contribution in [0.3, 0.4) is 0 Å². The molecule has 9 rings (SSSR count). The van der Waals surface area contributed by atoms with E-state index < -0.39 is 0 Å². The Morgan fingerprint density at radius 3 is 2.32 bits per heavy atom. The minimum Gasteiger partial charge on any atom is -0.327 e. The molecule has 1 saturated heterocycles. The van der Waals surface area contributed by atoms with E-state index in [-0.39, 0.29) is 23.5 Å². The molecule has 0 amide bonds. The monoisotopic (exact) mass is 611 g/mol. The van der Waals surface area contributed by atoms with Crippen molar-refractivity contribution in [2.24, 2.45) is 11.7 Å². The summed E-state index contributed by atoms with van der Waals surface area (Å²) in [7, 11) is 0. The normalized spacial score (nSPS) is 23.2. The molecular weight excluding hydrogens is 571 g/mol. The highest BCUT2D eigenvalue weighted by Crippen LogP contribution is 2.55. The third kappa shape index (κ3) is 4.34. The number of hydrogen-bond acceptors (Lipinski definition) is 2. The largest absolute Gasteiger partial charge is 0.327 e. The lowest BCUT2D eigenvalue weighted by atomic mass is 9.74. The van der Waals surface area contributed by atoms with Crippen molar-refractivity contribution in [2.45, 2.75) is 57.4 Å². The maximum Gasteiger partial charge on any atom is 0.0766 e. The number of benzene rings is 5. The molecule has 0 saturated carbocycles. The van der Waals surface area contributed by atoms with Crippen LogP contribution < -0.4 is 5.73 Å². The molecule has 47 heavy (non-hydrogen) atoms. The molecular formula is C44H41N3. The van der Waals surface area contributed by atoms with Crippen LogP contribution in [0.25, 0.3) is 38.5 Å². The van der Waals surface area contributed by atoms with Gasteiger partial charge in [-0.1, -0.05) is 136 Å². The van der Waals surface area contributed by atoms with Crippen LogP contribution in [0.1, 0.15) is 61.5 Å².